The number of carbonyl (C=O) groups is 2. The van der Waals surface area contributed by atoms with Gasteiger partial charge in [0.05, 0.1) is 0 Å². The molecule has 0 atom stereocenters. The van der Waals surface area contributed by atoms with Crippen LogP contribution in [-0.2, 0) is 16.1 Å². The molecule has 0 saturated carbocycles. The minimum Gasteiger partial charge on any atom is -0.486 e. The van der Waals surface area contributed by atoms with Gasteiger partial charge in [0.15, 0.2) is 11.5 Å². The number of nitrogens with zero attached hydrogens (tertiary/aromatic N) is 1. The van der Waals surface area contributed by atoms with Crippen LogP contribution in [0.1, 0.15) is 5.56 Å². The summed E-state index contributed by atoms with van der Waals surface area (Å²) in [7, 11) is 0. The first-order valence-electron chi connectivity index (χ1n) is 6.79. The van der Waals surface area contributed by atoms with Gasteiger partial charge in [0.2, 0.25) is 0 Å². The van der Waals surface area contributed by atoms with Crippen molar-refractivity contribution in [1.82, 2.24) is 4.90 Å². The molecule has 1 aromatic carbocycles. The maximum Gasteiger partial charge on any atom is 0.326 e. The Balaban J connectivity index is 1.59. The fourth-order valence-electron chi connectivity index (χ4n) is 2.15. The minimum atomic E-state index is -0.419. The van der Waals surface area contributed by atoms with Crippen molar-refractivity contribution in [2.24, 2.45) is 0 Å². The number of esters is 1. The molecule has 2 aliphatic heterocycles. The van der Waals surface area contributed by atoms with E-state index in [1.807, 2.05) is 0 Å². The van der Waals surface area contributed by atoms with Crippen molar-refractivity contribution in [3.8, 4) is 11.5 Å². The number of benzene rings is 1. The largest absolute Gasteiger partial charge is 0.486 e. The van der Waals surface area contributed by atoms with Crippen LogP contribution in [0.5, 0.6) is 11.5 Å². The lowest BCUT2D eigenvalue weighted by molar-refractivity contribution is -0.145. The van der Waals surface area contributed by atoms with Gasteiger partial charge in [0.25, 0.3) is 5.24 Å². The van der Waals surface area contributed by atoms with Gasteiger partial charge in [0.1, 0.15) is 26.4 Å². The van der Waals surface area contributed by atoms with Gasteiger partial charge in [-0.05, 0) is 12.1 Å². The van der Waals surface area contributed by atoms with Gasteiger partial charge in [0, 0.05) is 22.3 Å². The van der Waals surface area contributed by atoms with E-state index in [9.17, 15) is 9.59 Å². The molecule has 3 rings (SSSR count). The Labute approximate surface area is 140 Å². The summed E-state index contributed by atoms with van der Waals surface area (Å²) in [6.07, 6.45) is 0. The first kappa shape index (κ1) is 15.5. The number of carbonyl (C=O) groups excluding carboxylic acids is 2. The van der Waals surface area contributed by atoms with E-state index in [4.69, 9.17) is 14.2 Å². The van der Waals surface area contributed by atoms with Crippen molar-refractivity contribution in [1.29, 1.82) is 0 Å². The maximum atomic E-state index is 11.8. The third-order valence-corrected chi connectivity index (χ3v) is 4.89. The van der Waals surface area contributed by atoms with Crippen molar-refractivity contribution >= 4 is 38.9 Å². The van der Waals surface area contributed by atoms with Crippen molar-refractivity contribution in [3.05, 3.63) is 22.2 Å². The Bertz CT molecular complexity index is 609. The lowest BCUT2D eigenvalue weighted by Gasteiger charge is -2.20. The monoisotopic (exact) mass is 387 g/mol. The number of fused-ring (bicyclic) bond motifs is 1. The number of rotatable bonds is 4. The van der Waals surface area contributed by atoms with Crippen molar-refractivity contribution < 1.29 is 23.8 Å². The molecular formula is C14H14BrNO5S. The predicted octanol–water partition coefficient (Wildman–Crippen LogP) is 2.43. The number of hydrogen-bond donors (Lipinski definition) is 0. The molecule has 2 heterocycles. The highest BCUT2D eigenvalue weighted by Crippen LogP contribution is 2.35. The van der Waals surface area contributed by atoms with Crippen molar-refractivity contribution in [2.45, 2.75) is 6.61 Å². The third-order valence-electron chi connectivity index (χ3n) is 3.26. The highest BCUT2D eigenvalue weighted by molar-refractivity contribution is 9.10. The van der Waals surface area contributed by atoms with E-state index >= 15 is 0 Å². The van der Waals surface area contributed by atoms with Crippen LogP contribution >= 0.6 is 27.7 Å². The van der Waals surface area contributed by atoms with Gasteiger partial charge in [-0.3, -0.25) is 9.59 Å². The maximum absolute atomic E-state index is 11.8. The zero-order valence-electron chi connectivity index (χ0n) is 11.7. The van der Waals surface area contributed by atoms with Crippen LogP contribution in [0.15, 0.2) is 16.6 Å². The molecule has 1 fully saturated rings. The number of ether oxygens (including phenoxy) is 3. The highest BCUT2D eigenvalue weighted by atomic mass is 79.9. The summed E-state index contributed by atoms with van der Waals surface area (Å²) in [5.74, 6) is 1.62. The van der Waals surface area contributed by atoms with Crippen LogP contribution in [-0.4, -0.2) is 48.2 Å². The molecule has 0 bridgehead atoms. The average molecular weight is 388 g/mol. The molecule has 1 amide bonds. The van der Waals surface area contributed by atoms with Crippen LogP contribution < -0.4 is 9.47 Å². The second-order valence-corrected chi connectivity index (χ2v) is 6.68. The fraction of sp³-hybridized carbons (Fsp3) is 0.429. The zero-order valence-corrected chi connectivity index (χ0v) is 14.1. The molecule has 0 aromatic heterocycles. The summed E-state index contributed by atoms with van der Waals surface area (Å²) in [4.78, 5) is 24.8. The summed E-state index contributed by atoms with van der Waals surface area (Å²) >= 11 is 4.65. The van der Waals surface area contributed by atoms with Crippen molar-refractivity contribution in [2.75, 3.05) is 32.1 Å². The molecule has 6 nitrogen and oxygen atoms in total. The molecule has 0 unspecified atom stereocenters. The summed E-state index contributed by atoms with van der Waals surface area (Å²) in [5.41, 5.74) is 0.791. The number of amides is 1. The first-order chi connectivity index (χ1) is 10.6. The smallest absolute Gasteiger partial charge is 0.326 e. The zero-order chi connectivity index (χ0) is 15.5. The van der Waals surface area contributed by atoms with E-state index in [0.717, 1.165) is 15.8 Å². The van der Waals surface area contributed by atoms with Crippen molar-refractivity contribution in [3.63, 3.8) is 0 Å². The Morgan fingerprint density at radius 3 is 2.73 bits per heavy atom. The normalized spacial score (nSPS) is 16.8. The van der Waals surface area contributed by atoms with E-state index < -0.39 is 5.97 Å². The molecule has 0 N–H and O–H groups in total. The first-order valence-corrected chi connectivity index (χ1v) is 8.56. The Morgan fingerprint density at radius 2 is 2.05 bits per heavy atom. The van der Waals surface area contributed by atoms with E-state index in [2.05, 4.69) is 15.9 Å². The van der Waals surface area contributed by atoms with Gasteiger partial charge in [-0.25, -0.2) is 0 Å². The predicted molar refractivity (Wildman–Crippen MR) is 84.4 cm³/mol. The number of hydrogen-bond acceptors (Lipinski definition) is 6. The van der Waals surface area contributed by atoms with Gasteiger partial charge in [-0.15, -0.1) is 0 Å². The van der Waals surface area contributed by atoms with E-state index in [1.54, 1.807) is 12.1 Å². The summed E-state index contributed by atoms with van der Waals surface area (Å²) in [5, 5.41) is -0.0718. The molecule has 0 radical (unpaired) electrons. The Kier molecular flexibility index (Phi) is 4.77. The van der Waals surface area contributed by atoms with Gasteiger partial charge in [-0.2, -0.15) is 0 Å². The second-order valence-electron chi connectivity index (χ2n) is 4.78. The van der Waals surface area contributed by atoms with Crippen LogP contribution in [0.25, 0.3) is 0 Å². The highest BCUT2D eigenvalue weighted by Gasteiger charge is 2.24. The van der Waals surface area contributed by atoms with Crippen LogP contribution in [0.2, 0.25) is 0 Å². The van der Waals surface area contributed by atoms with E-state index in [-0.39, 0.29) is 18.4 Å². The number of thioether (sulfide) groups is 1. The summed E-state index contributed by atoms with van der Waals surface area (Å²) < 4.78 is 17.0. The van der Waals surface area contributed by atoms with E-state index in [1.165, 1.54) is 16.7 Å². The number of halogens is 1. The van der Waals surface area contributed by atoms with Gasteiger partial charge in [-0.1, -0.05) is 27.7 Å². The molecule has 118 valence electrons. The lowest BCUT2D eigenvalue weighted by Crippen LogP contribution is -2.30. The summed E-state index contributed by atoms with van der Waals surface area (Å²) in [6, 6.07) is 3.60. The van der Waals surface area contributed by atoms with E-state index in [0.29, 0.717) is 31.3 Å². The van der Waals surface area contributed by atoms with Gasteiger partial charge >= 0.3 is 5.97 Å². The SMILES string of the molecule is O=C(CN1CCSC1=O)OCc1cc2c(cc1Br)OCCO2. The molecule has 1 saturated heterocycles. The topological polar surface area (TPSA) is 65.1 Å². The van der Waals surface area contributed by atoms with Gasteiger partial charge < -0.3 is 19.1 Å². The average Bonchev–Trinajstić information content (AvgIpc) is 2.90. The summed E-state index contributed by atoms with van der Waals surface area (Å²) in [6.45, 7) is 1.73. The Hall–Kier alpha value is -1.41. The fourth-order valence-corrected chi connectivity index (χ4v) is 3.41. The third kappa shape index (κ3) is 3.49. The molecule has 1 aromatic rings. The minimum absolute atomic E-state index is 0.00595. The molecule has 8 heteroatoms. The molecule has 22 heavy (non-hydrogen) atoms. The molecular weight excluding hydrogens is 374 g/mol. The Morgan fingerprint density at radius 1 is 1.32 bits per heavy atom. The van der Waals surface area contributed by atoms with Crippen LogP contribution in [0, 0.1) is 0 Å². The standard InChI is InChI=1S/C14H14BrNO5S/c15-10-6-12-11(19-2-3-20-12)5-9(10)8-21-13(17)7-16-1-4-22-14(16)18/h5-6H,1-4,7-8H2. The molecule has 0 spiro atoms. The quantitative estimate of drug-likeness (QED) is 0.739. The molecule has 0 aliphatic carbocycles. The van der Waals surface area contributed by atoms with Crippen LogP contribution in [0.4, 0.5) is 4.79 Å². The van der Waals surface area contributed by atoms with Crippen LogP contribution in [0.3, 0.4) is 0 Å². The second kappa shape index (κ2) is 6.78. The molecule has 2 aliphatic rings. The lowest BCUT2D eigenvalue weighted by atomic mass is 10.2.